The van der Waals surface area contributed by atoms with Gasteiger partial charge in [-0.2, -0.15) is 0 Å². The molecule has 0 saturated heterocycles. The summed E-state index contributed by atoms with van der Waals surface area (Å²) in [5.74, 6) is -1.87. The minimum absolute atomic E-state index is 0.104. The first-order valence-corrected chi connectivity index (χ1v) is 11.5. The number of carbonyl (C=O) groups is 3. The average Bonchev–Trinajstić information content (AvgIpc) is 3.16. The van der Waals surface area contributed by atoms with Gasteiger partial charge in [0, 0.05) is 12.3 Å². The molecule has 1 aliphatic carbocycles. The molecule has 0 unspecified atom stereocenters. The van der Waals surface area contributed by atoms with Crippen LogP contribution in [0.15, 0.2) is 78.9 Å². The average molecular weight is 473 g/mol. The number of benzene rings is 3. The number of alkyl carbamates (subject to hydrolysis) is 1. The molecule has 0 saturated carbocycles. The zero-order chi connectivity index (χ0) is 25.0. The number of hydrogen-bond acceptors (Lipinski definition) is 4. The molecular formula is C28H28N2O5. The SMILES string of the molecule is CC(C)(NC(=O)OCC1c2ccccc2-c2ccccc21)C(=O)N[C@@H](Cc1ccccc1)C(=O)O. The molecule has 2 amide bonds. The topological polar surface area (TPSA) is 105 Å². The van der Waals surface area contributed by atoms with Crippen molar-refractivity contribution in [3.05, 3.63) is 95.6 Å². The monoisotopic (exact) mass is 472 g/mol. The van der Waals surface area contributed by atoms with E-state index >= 15 is 0 Å². The lowest BCUT2D eigenvalue weighted by Crippen LogP contribution is -2.58. The Hall–Kier alpha value is -4.13. The number of ether oxygens (including phenoxy) is 1. The van der Waals surface area contributed by atoms with E-state index in [4.69, 9.17) is 4.74 Å². The van der Waals surface area contributed by atoms with Gasteiger partial charge in [-0.05, 0) is 41.7 Å². The second-order valence-corrected chi connectivity index (χ2v) is 9.13. The molecule has 7 nitrogen and oxygen atoms in total. The maximum Gasteiger partial charge on any atom is 0.408 e. The third kappa shape index (κ3) is 5.35. The zero-order valence-corrected chi connectivity index (χ0v) is 19.7. The number of fused-ring (bicyclic) bond motifs is 3. The first kappa shape index (κ1) is 24.0. The summed E-state index contributed by atoms with van der Waals surface area (Å²) in [5, 5.41) is 14.7. The normalized spacial score (nSPS) is 13.3. The van der Waals surface area contributed by atoms with Gasteiger partial charge in [-0.1, -0.05) is 78.9 Å². The summed E-state index contributed by atoms with van der Waals surface area (Å²) >= 11 is 0. The maximum atomic E-state index is 12.8. The smallest absolute Gasteiger partial charge is 0.408 e. The van der Waals surface area contributed by atoms with Crippen LogP contribution in [0.5, 0.6) is 0 Å². The van der Waals surface area contributed by atoms with E-state index in [1.165, 1.54) is 13.8 Å². The predicted molar refractivity (Wildman–Crippen MR) is 132 cm³/mol. The Morgan fingerprint density at radius 1 is 0.886 bits per heavy atom. The third-order valence-corrected chi connectivity index (χ3v) is 6.21. The molecule has 1 atom stereocenters. The fourth-order valence-corrected chi connectivity index (χ4v) is 4.33. The molecule has 0 aliphatic heterocycles. The standard InChI is InChI=1S/C28H28N2O5/c1-28(2,26(33)29-24(25(31)32)16-18-10-4-3-5-11-18)30-27(34)35-17-23-21-14-8-6-12-19(21)20-13-7-9-15-22(20)23/h3-15,23-24H,16-17H2,1-2H3,(H,29,33)(H,30,34)(H,31,32)/t24-/m0/s1. The van der Waals surface area contributed by atoms with Crippen molar-refractivity contribution in [1.29, 1.82) is 0 Å². The highest BCUT2D eigenvalue weighted by molar-refractivity contribution is 5.92. The van der Waals surface area contributed by atoms with Crippen LogP contribution in [-0.4, -0.2) is 41.3 Å². The van der Waals surface area contributed by atoms with Crippen molar-refractivity contribution in [3.8, 4) is 11.1 Å². The molecule has 0 spiro atoms. The summed E-state index contributed by atoms with van der Waals surface area (Å²) in [4.78, 5) is 37.2. The van der Waals surface area contributed by atoms with Crippen molar-refractivity contribution in [2.24, 2.45) is 0 Å². The second-order valence-electron chi connectivity index (χ2n) is 9.13. The Morgan fingerprint density at radius 2 is 1.43 bits per heavy atom. The van der Waals surface area contributed by atoms with Gasteiger partial charge >= 0.3 is 12.1 Å². The Labute approximate surface area is 204 Å². The minimum Gasteiger partial charge on any atom is -0.480 e. The molecule has 180 valence electrons. The van der Waals surface area contributed by atoms with Gasteiger partial charge in [0.05, 0.1) is 0 Å². The molecule has 35 heavy (non-hydrogen) atoms. The lowest BCUT2D eigenvalue weighted by atomic mass is 9.98. The largest absolute Gasteiger partial charge is 0.480 e. The molecule has 7 heteroatoms. The van der Waals surface area contributed by atoms with E-state index in [-0.39, 0.29) is 18.9 Å². The molecule has 0 heterocycles. The number of nitrogens with one attached hydrogen (secondary N) is 2. The third-order valence-electron chi connectivity index (χ3n) is 6.21. The number of carboxylic acid groups (broad SMARTS) is 1. The summed E-state index contributed by atoms with van der Waals surface area (Å²) in [6, 6.07) is 23.9. The van der Waals surface area contributed by atoms with Crippen molar-refractivity contribution in [3.63, 3.8) is 0 Å². The number of aliphatic carboxylic acids is 1. The van der Waals surface area contributed by atoms with Gasteiger partial charge in [-0.3, -0.25) is 4.79 Å². The van der Waals surface area contributed by atoms with Gasteiger partial charge in [0.15, 0.2) is 0 Å². The van der Waals surface area contributed by atoms with Crippen LogP contribution >= 0.6 is 0 Å². The predicted octanol–water partition coefficient (Wildman–Crippen LogP) is 4.12. The summed E-state index contributed by atoms with van der Waals surface area (Å²) in [6.07, 6.45) is -0.620. The highest BCUT2D eigenvalue weighted by atomic mass is 16.5. The van der Waals surface area contributed by atoms with Gasteiger partial charge in [0.2, 0.25) is 5.91 Å². The van der Waals surface area contributed by atoms with E-state index in [0.717, 1.165) is 27.8 Å². The Kier molecular flexibility index (Phi) is 6.87. The lowest BCUT2D eigenvalue weighted by Gasteiger charge is -2.27. The first-order valence-electron chi connectivity index (χ1n) is 11.5. The molecule has 0 radical (unpaired) electrons. The van der Waals surface area contributed by atoms with Crippen LogP contribution in [0.4, 0.5) is 4.79 Å². The summed E-state index contributed by atoms with van der Waals surface area (Å²) < 4.78 is 5.53. The van der Waals surface area contributed by atoms with Crippen LogP contribution in [0.1, 0.15) is 36.5 Å². The quantitative estimate of drug-likeness (QED) is 0.458. The van der Waals surface area contributed by atoms with E-state index < -0.39 is 29.6 Å². The molecular weight excluding hydrogens is 444 g/mol. The molecule has 3 aromatic carbocycles. The van der Waals surface area contributed by atoms with E-state index in [2.05, 4.69) is 22.8 Å². The highest BCUT2D eigenvalue weighted by Gasteiger charge is 2.34. The molecule has 4 rings (SSSR count). The summed E-state index contributed by atoms with van der Waals surface area (Å²) in [5.41, 5.74) is 3.81. The van der Waals surface area contributed by atoms with Crippen molar-refractivity contribution in [2.45, 2.75) is 37.8 Å². The maximum absolute atomic E-state index is 12.8. The number of carboxylic acids is 1. The van der Waals surface area contributed by atoms with Crippen LogP contribution in [0.2, 0.25) is 0 Å². The van der Waals surface area contributed by atoms with Crippen LogP contribution in [-0.2, 0) is 20.7 Å². The summed E-state index contributed by atoms with van der Waals surface area (Å²) in [6.45, 7) is 3.12. The number of carbonyl (C=O) groups excluding carboxylic acids is 2. The van der Waals surface area contributed by atoms with Crippen molar-refractivity contribution in [2.75, 3.05) is 6.61 Å². The van der Waals surface area contributed by atoms with Gasteiger partial charge in [-0.25, -0.2) is 9.59 Å². The van der Waals surface area contributed by atoms with E-state index in [1.807, 2.05) is 42.5 Å². The van der Waals surface area contributed by atoms with Gasteiger partial charge in [-0.15, -0.1) is 0 Å². The fourth-order valence-electron chi connectivity index (χ4n) is 4.33. The van der Waals surface area contributed by atoms with Crippen LogP contribution in [0, 0.1) is 0 Å². The Bertz CT molecular complexity index is 1190. The van der Waals surface area contributed by atoms with Crippen molar-refractivity contribution >= 4 is 18.0 Å². The van der Waals surface area contributed by atoms with Gasteiger partial charge in [0.25, 0.3) is 0 Å². The Balaban J connectivity index is 1.37. The van der Waals surface area contributed by atoms with Crippen LogP contribution in [0.25, 0.3) is 11.1 Å². The molecule has 0 fully saturated rings. The minimum atomic E-state index is -1.38. The van der Waals surface area contributed by atoms with Crippen LogP contribution < -0.4 is 10.6 Å². The molecule has 3 N–H and O–H groups in total. The zero-order valence-electron chi connectivity index (χ0n) is 19.7. The highest BCUT2D eigenvalue weighted by Crippen LogP contribution is 2.44. The van der Waals surface area contributed by atoms with Crippen molar-refractivity contribution in [1.82, 2.24) is 10.6 Å². The molecule has 3 aromatic rings. The van der Waals surface area contributed by atoms with Crippen LogP contribution in [0.3, 0.4) is 0 Å². The lowest BCUT2D eigenvalue weighted by molar-refractivity contribution is -0.142. The first-order chi connectivity index (χ1) is 16.8. The van der Waals surface area contributed by atoms with E-state index in [1.54, 1.807) is 24.3 Å². The second kappa shape index (κ2) is 10.0. The van der Waals surface area contributed by atoms with E-state index in [9.17, 15) is 19.5 Å². The van der Waals surface area contributed by atoms with E-state index in [0.29, 0.717) is 0 Å². The number of rotatable bonds is 8. The number of hydrogen-bond donors (Lipinski definition) is 3. The molecule has 0 aromatic heterocycles. The number of amides is 2. The van der Waals surface area contributed by atoms with Gasteiger partial charge < -0.3 is 20.5 Å². The Morgan fingerprint density at radius 3 is 2.00 bits per heavy atom. The van der Waals surface area contributed by atoms with Crippen molar-refractivity contribution < 1.29 is 24.2 Å². The summed E-state index contributed by atoms with van der Waals surface area (Å²) in [7, 11) is 0. The fraction of sp³-hybridized carbons (Fsp3) is 0.250. The molecule has 1 aliphatic rings. The van der Waals surface area contributed by atoms with Gasteiger partial charge in [0.1, 0.15) is 18.2 Å². The molecule has 0 bridgehead atoms.